The Morgan fingerprint density at radius 3 is 2.67 bits per heavy atom. The quantitative estimate of drug-likeness (QED) is 0.554. The summed E-state index contributed by atoms with van der Waals surface area (Å²) in [6.45, 7) is 1.83. The van der Waals surface area contributed by atoms with Crippen molar-refractivity contribution in [2.45, 2.75) is 19.8 Å². The Hall–Kier alpha value is -2.81. The molecular weight excluding hydrogens is 385 g/mol. The van der Waals surface area contributed by atoms with Crippen LogP contribution in [-0.4, -0.2) is 16.0 Å². The lowest BCUT2D eigenvalue weighted by atomic mass is 10.0. The van der Waals surface area contributed by atoms with Crippen LogP contribution in [0.3, 0.4) is 0 Å². The fourth-order valence-corrected chi connectivity index (χ4v) is 3.12. The van der Waals surface area contributed by atoms with Gasteiger partial charge in [-0.15, -0.1) is 0 Å². The zero-order valence-electron chi connectivity index (χ0n) is 14.4. The van der Waals surface area contributed by atoms with Gasteiger partial charge in [-0.3, -0.25) is 9.89 Å². The predicted molar refractivity (Wildman–Crippen MR) is 104 cm³/mol. The van der Waals surface area contributed by atoms with Crippen molar-refractivity contribution >= 4 is 29.0 Å². The number of hydrogen-bond acceptors (Lipinski definition) is 4. The third kappa shape index (κ3) is 4.68. The maximum atomic E-state index is 12.4. The van der Waals surface area contributed by atoms with Gasteiger partial charge in [0.25, 0.3) is 0 Å². The van der Waals surface area contributed by atoms with Gasteiger partial charge >= 0.3 is 0 Å². The topological polar surface area (TPSA) is 78.8 Å². The van der Waals surface area contributed by atoms with Gasteiger partial charge in [-0.25, -0.2) is 0 Å². The largest absolute Gasteiger partial charge is 0.453 e. The molecule has 0 spiro atoms. The first kappa shape index (κ1) is 19.0. The van der Waals surface area contributed by atoms with Crippen LogP contribution in [0.2, 0.25) is 10.0 Å². The van der Waals surface area contributed by atoms with E-state index in [1.165, 1.54) is 0 Å². The Balaban J connectivity index is 1.74. The van der Waals surface area contributed by atoms with Crippen LogP contribution in [0.15, 0.2) is 42.5 Å². The number of rotatable bonds is 6. The fraction of sp³-hybridized carbons (Fsp3) is 0.150. The number of benzene rings is 2. The van der Waals surface area contributed by atoms with E-state index in [-0.39, 0.29) is 12.2 Å². The van der Waals surface area contributed by atoms with Crippen molar-refractivity contribution in [1.82, 2.24) is 10.2 Å². The molecule has 0 unspecified atom stereocenters. The summed E-state index contributed by atoms with van der Waals surface area (Å²) in [4.78, 5) is 12.4. The van der Waals surface area contributed by atoms with E-state index in [0.717, 1.165) is 5.69 Å². The first-order chi connectivity index (χ1) is 13.0. The van der Waals surface area contributed by atoms with Gasteiger partial charge in [-0.1, -0.05) is 35.3 Å². The standard InChI is InChI=1S/C20H15Cl2N3O2/c1-12-20(27-17-9-15(21)8-16(22)10-17)18(25-24-12)5-6-19(26)14-4-2-3-13(7-14)11-23/h2-4,7-10H,5-6H2,1H3,(H,24,25). The molecule has 0 bridgehead atoms. The average Bonchev–Trinajstić information content (AvgIpc) is 2.98. The Kier molecular flexibility index (Phi) is 5.80. The molecule has 27 heavy (non-hydrogen) atoms. The summed E-state index contributed by atoms with van der Waals surface area (Å²) in [7, 11) is 0. The van der Waals surface area contributed by atoms with Crippen LogP contribution in [0, 0.1) is 18.3 Å². The first-order valence-electron chi connectivity index (χ1n) is 8.17. The van der Waals surface area contributed by atoms with Crippen LogP contribution in [0.4, 0.5) is 0 Å². The highest BCUT2D eigenvalue weighted by Gasteiger charge is 2.16. The van der Waals surface area contributed by atoms with Crippen LogP contribution in [-0.2, 0) is 6.42 Å². The number of Topliss-reactive ketones (excluding diaryl/α,β-unsaturated/α-hetero) is 1. The number of ether oxygens (including phenoxy) is 1. The highest BCUT2D eigenvalue weighted by Crippen LogP contribution is 2.32. The summed E-state index contributed by atoms with van der Waals surface area (Å²) in [5.41, 5.74) is 2.33. The second-order valence-corrected chi connectivity index (χ2v) is 6.82. The number of nitriles is 1. The second-order valence-electron chi connectivity index (χ2n) is 5.95. The number of aromatic amines is 1. The van der Waals surface area contributed by atoms with E-state index in [9.17, 15) is 4.79 Å². The number of nitrogens with zero attached hydrogens (tertiary/aromatic N) is 2. The molecule has 2 aromatic carbocycles. The van der Waals surface area contributed by atoms with Crippen molar-refractivity contribution in [3.8, 4) is 17.6 Å². The number of ketones is 1. The monoisotopic (exact) mass is 399 g/mol. The van der Waals surface area contributed by atoms with Crippen LogP contribution in [0.5, 0.6) is 11.5 Å². The predicted octanol–water partition coefficient (Wildman–Crippen LogP) is 5.50. The van der Waals surface area contributed by atoms with Gasteiger partial charge in [-0.2, -0.15) is 10.4 Å². The maximum Gasteiger partial charge on any atom is 0.171 e. The fourth-order valence-electron chi connectivity index (χ4n) is 2.62. The molecule has 0 aliphatic carbocycles. The molecule has 0 saturated carbocycles. The third-order valence-corrected chi connectivity index (χ3v) is 4.36. The second kappa shape index (κ2) is 8.26. The highest BCUT2D eigenvalue weighted by molar-refractivity contribution is 6.34. The third-order valence-electron chi connectivity index (χ3n) is 3.92. The number of hydrogen-bond donors (Lipinski definition) is 1. The zero-order chi connectivity index (χ0) is 19.4. The van der Waals surface area contributed by atoms with E-state index in [2.05, 4.69) is 10.2 Å². The molecule has 3 rings (SSSR count). The smallest absolute Gasteiger partial charge is 0.171 e. The molecule has 5 nitrogen and oxygen atoms in total. The lowest BCUT2D eigenvalue weighted by Crippen LogP contribution is -2.02. The van der Waals surface area contributed by atoms with E-state index in [0.29, 0.717) is 44.8 Å². The minimum absolute atomic E-state index is 0.0653. The molecule has 0 aliphatic rings. The molecule has 1 aromatic heterocycles. The van der Waals surface area contributed by atoms with Crippen molar-refractivity contribution in [2.75, 3.05) is 0 Å². The summed E-state index contributed by atoms with van der Waals surface area (Å²) in [5, 5.41) is 17.0. The van der Waals surface area contributed by atoms with Crippen molar-refractivity contribution in [2.24, 2.45) is 0 Å². The van der Waals surface area contributed by atoms with Crippen LogP contribution < -0.4 is 4.74 Å². The molecule has 0 atom stereocenters. The van der Waals surface area contributed by atoms with Crippen molar-refractivity contribution < 1.29 is 9.53 Å². The number of carbonyl (C=O) groups excluding carboxylic acids is 1. The molecular formula is C20H15Cl2N3O2. The molecule has 136 valence electrons. The average molecular weight is 400 g/mol. The van der Waals surface area contributed by atoms with E-state index in [1.54, 1.807) is 42.5 Å². The molecule has 0 fully saturated rings. The Labute approximate surface area is 166 Å². The first-order valence-corrected chi connectivity index (χ1v) is 8.93. The molecule has 7 heteroatoms. The Morgan fingerprint density at radius 1 is 1.22 bits per heavy atom. The molecule has 1 heterocycles. The Morgan fingerprint density at radius 2 is 1.96 bits per heavy atom. The van der Waals surface area contributed by atoms with Gasteiger partial charge in [0.05, 0.1) is 17.3 Å². The van der Waals surface area contributed by atoms with E-state index < -0.39 is 0 Å². The summed E-state index contributed by atoms with van der Waals surface area (Å²) >= 11 is 12.0. The summed E-state index contributed by atoms with van der Waals surface area (Å²) in [6, 6.07) is 13.6. The van der Waals surface area contributed by atoms with Crippen LogP contribution >= 0.6 is 23.2 Å². The van der Waals surface area contributed by atoms with Gasteiger partial charge in [-0.05, 0) is 37.3 Å². The number of carbonyl (C=O) groups is 1. The minimum Gasteiger partial charge on any atom is -0.453 e. The normalized spacial score (nSPS) is 10.4. The van der Waals surface area contributed by atoms with E-state index in [4.69, 9.17) is 33.2 Å². The van der Waals surface area contributed by atoms with Gasteiger partial charge in [0, 0.05) is 28.5 Å². The summed E-state index contributed by atoms with van der Waals surface area (Å²) in [6.07, 6.45) is 0.634. The summed E-state index contributed by atoms with van der Waals surface area (Å²) in [5.74, 6) is 0.975. The zero-order valence-corrected chi connectivity index (χ0v) is 15.9. The molecule has 0 saturated heterocycles. The summed E-state index contributed by atoms with van der Waals surface area (Å²) < 4.78 is 5.90. The number of nitrogens with one attached hydrogen (secondary N) is 1. The molecule has 0 radical (unpaired) electrons. The minimum atomic E-state index is -0.0653. The van der Waals surface area contributed by atoms with Crippen molar-refractivity contribution in [3.63, 3.8) is 0 Å². The maximum absolute atomic E-state index is 12.4. The molecule has 0 aliphatic heterocycles. The van der Waals surface area contributed by atoms with Gasteiger partial charge in [0.1, 0.15) is 11.4 Å². The SMILES string of the molecule is Cc1[nH]nc(CCC(=O)c2cccc(C#N)c2)c1Oc1cc(Cl)cc(Cl)c1. The van der Waals surface area contributed by atoms with Gasteiger partial charge in [0.15, 0.2) is 11.5 Å². The van der Waals surface area contributed by atoms with Gasteiger partial charge in [0.2, 0.25) is 0 Å². The molecule has 3 aromatic rings. The molecule has 1 N–H and O–H groups in total. The van der Waals surface area contributed by atoms with Crippen LogP contribution in [0.25, 0.3) is 0 Å². The number of halogens is 2. The van der Waals surface area contributed by atoms with Crippen molar-refractivity contribution in [3.05, 3.63) is 75.0 Å². The molecule has 0 amide bonds. The number of aryl methyl sites for hydroxylation is 2. The lowest BCUT2D eigenvalue weighted by molar-refractivity contribution is 0.0982. The van der Waals surface area contributed by atoms with E-state index in [1.807, 2.05) is 13.0 Å². The van der Waals surface area contributed by atoms with Crippen molar-refractivity contribution in [1.29, 1.82) is 5.26 Å². The lowest BCUT2D eigenvalue weighted by Gasteiger charge is -2.08. The number of aromatic nitrogens is 2. The highest BCUT2D eigenvalue weighted by atomic mass is 35.5. The number of H-pyrrole nitrogens is 1. The Bertz CT molecular complexity index is 1020. The van der Waals surface area contributed by atoms with E-state index >= 15 is 0 Å². The van der Waals surface area contributed by atoms with Gasteiger partial charge < -0.3 is 4.74 Å². The van der Waals surface area contributed by atoms with Crippen LogP contribution in [0.1, 0.15) is 33.7 Å².